The number of halogens is 1. The van der Waals surface area contributed by atoms with E-state index in [2.05, 4.69) is 0 Å². The molecule has 1 aromatic heterocycles. The standard InChI is InChI=1S/C6H6ClNO2/c1-4-6(7)2-5(9)3-8(4)10/h2-3,9H,1H3. The zero-order valence-electron chi connectivity index (χ0n) is 5.34. The summed E-state index contributed by atoms with van der Waals surface area (Å²) in [6, 6.07) is 1.32. The number of aromatic nitrogens is 1. The van der Waals surface area contributed by atoms with Gasteiger partial charge in [-0.1, -0.05) is 11.6 Å². The minimum atomic E-state index is -0.120. The van der Waals surface area contributed by atoms with Crippen molar-refractivity contribution < 1.29 is 9.84 Å². The lowest BCUT2D eigenvalue weighted by Gasteiger charge is -2.00. The lowest BCUT2D eigenvalue weighted by molar-refractivity contribution is -0.612. The van der Waals surface area contributed by atoms with E-state index >= 15 is 0 Å². The predicted molar refractivity (Wildman–Crippen MR) is 36.8 cm³/mol. The summed E-state index contributed by atoms with van der Waals surface area (Å²) in [6.07, 6.45) is 1.06. The Morgan fingerprint density at radius 2 is 2.30 bits per heavy atom. The van der Waals surface area contributed by atoms with Gasteiger partial charge < -0.3 is 10.3 Å². The lowest BCUT2D eigenvalue weighted by Crippen LogP contribution is -2.29. The molecular formula is C6H6ClNO2. The van der Waals surface area contributed by atoms with E-state index in [4.69, 9.17) is 16.7 Å². The van der Waals surface area contributed by atoms with Crippen molar-refractivity contribution in [3.8, 4) is 5.75 Å². The molecule has 1 rings (SSSR count). The van der Waals surface area contributed by atoms with Gasteiger partial charge in [0.05, 0.1) is 0 Å². The smallest absolute Gasteiger partial charge is 0.222 e. The highest BCUT2D eigenvalue weighted by atomic mass is 35.5. The van der Waals surface area contributed by atoms with Crippen LogP contribution in [0.15, 0.2) is 12.3 Å². The maximum Gasteiger partial charge on any atom is 0.222 e. The third-order valence-corrected chi connectivity index (χ3v) is 1.58. The Bertz CT molecular complexity index is 239. The summed E-state index contributed by atoms with van der Waals surface area (Å²) in [7, 11) is 0. The number of aromatic hydroxyl groups is 1. The molecule has 0 radical (unpaired) electrons. The van der Waals surface area contributed by atoms with Gasteiger partial charge in [0.2, 0.25) is 11.9 Å². The van der Waals surface area contributed by atoms with E-state index in [9.17, 15) is 5.21 Å². The van der Waals surface area contributed by atoms with Crippen LogP contribution in [0.5, 0.6) is 5.75 Å². The van der Waals surface area contributed by atoms with Crippen molar-refractivity contribution in [1.29, 1.82) is 0 Å². The lowest BCUT2D eigenvalue weighted by atomic mass is 10.4. The molecular weight excluding hydrogens is 154 g/mol. The first kappa shape index (κ1) is 7.15. The van der Waals surface area contributed by atoms with Gasteiger partial charge >= 0.3 is 0 Å². The summed E-state index contributed by atoms with van der Waals surface area (Å²) in [4.78, 5) is 0. The van der Waals surface area contributed by atoms with Crippen LogP contribution in [0.4, 0.5) is 0 Å². The highest BCUT2D eigenvalue weighted by Gasteiger charge is 2.06. The molecule has 10 heavy (non-hydrogen) atoms. The van der Waals surface area contributed by atoms with Crippen molar-refractivity contribution in [2.45, 2.75) is 6.92 Å². The summed E-state index contributed by atoms with van der Waals surface area (Å²) in [5, 5.41) is 19.8. The fourth-order valence-electron chi connectivity index (χ4n) is 0.594. The molecule has 0 saturated heterocycles. The predicted octanol–water partition coefficient (Wildman–Crippen LogP) is 0.987. The molecule has 1 heterocycles. The van der Waals surface area contributed by atoms with Crippen LogP contribution in [-0.4, -0.2) is 5.11 Å². The fraction of sp³-hybridized carbons (Fsp3) is 0.167. The minimum absolute atomic E-state index is 0.120. The first-order valence-corrected chi connectivity index (χ1v) is 3.07. The fourth-order valence-corrected chi connectivity index (χ4v) is 0.789. The van der Waals surface area contributed by atoms with Crippen molar-refractivity contribution in [2.75, 3.05) is 0 Å². The first-order chi connectivity index (χ1) is 4.61. The van der Waals surface area contributed by atoms with Gasteiger partial charge in [-0.3, -0.25) is 0 Å². The van der Waals surface area contributed by atoms with Gasteiger partial charge in [0.1, 0.15) is 5.02 Å². The zero-order chi connectivity index (χ0) is 7.72. The van der Waals surface area contributed by atoms with Crippen molar-refractivity contribution in [3.63, 3.8) is 0 Å². The highest BCUT2D eigenvalue weighted by Crippen LogP contribution is 2.15. The molecule has 0 aliphatic rings. The molecule has 1 aromatic rings. The molecule has 0 atom stereocenters. The summed E-state index contributed by atoms with van der Waals surface area (Å²) in [6.45, 7) is 1.58. The van der Waals surface area contributed by atoms with E-state index in [1.165, 1.54) is 6.07 Å². The van der Waals surface area contributed by atoms with Gasteiger partial charge in [-0.2, -0.15) is 4.73 Å². The normalized spacial score (nSPS) is 9.80. The van der Waals surface area contributed by atoms with Gasteiger partial charge in [-0.15, -0.1) is 0 Å². The SMILES string of the molecule is Cc1c(Cl)cc(O)c[n+]1[O-]. The molecule has 0 unspecified atom stereocenters. The third-order valence-electron chi connectivity index (χ3n) is 1.20. The van der Waals surface area contributed by atoms with Crippen LogP contribution in [0.1, 0.15) is 5.69 Å². The van der Waals surface area contributed by atoms with Crippen LogP contribution in [0, 0.1) is 12.1 Å². The van der Waals surface area contributed by atoms with Crippen LogP contribution in [0.2, 0.25) is 5.02 Å². The monoisotopic (exact) mass is 159 g/mol. The molecule has 0 saturated carbocycles. The average Bonchev–Trinajstić information content (AvgIpc) is 1.82. The molecule has 4 heteroatoms. The maximum absolute atomic E-state index is 10.7. The number of rotatable bonds is 0. The Hall–Kier alpha value is -0.960. The molecule has 0 amide bonds. The zero-order valence-corrected chi connectivity index (χ0v) is 6.09. The second kappa shape index (κ2) is 2.34. The molecule has 0 bridgehead atoms. The van der Waals surface area contributed by atoms with E-state index in [0.29, 0.717) is 10.4 Å². The van der Waals surface area contributed by atoms with Crippen molar-refractivity contribution in [2.24, 2.45) is 0 Å². The highest BCUT2D eigenvalue weighted by molar-refractivity contribution is 6.31. The first-order valence-electron chi connectivity index (χ1n) is 2.69. The van der Waals surface area contributed by atoms with Crippen LogP contribution in [-0.2, 0) is 0 Å². The van der Waals surface area contributed by atoms with Crippen molar-refractivity contribution in [3.05, 3.63) is 28.2 Å². The maximum atomic E-state index is 10.7. The topological polar surface area (TPSA) is 47.2 Å². The largest absolute Gasteiger partial charge is 0.618 e. The van der Waals surface area contributed by atoms with Gasteiger partial charge in [-0.05, 0) is 0 Å². The van der Waals surface area contributed by atoms with Crippen LogP contribution >= 0.6 is 11.6 Å². The number of hydrogen-bond acceptors (Lipinski definition) is 2. The Morgan fingerprint density at radius 3 is 2.80 bits per heavy atom. The van der Waals surface area contributed by atoms with E-state index in [1.807, 2.05) is 0 Å². The van der Waals surface area contributed by atoms with E-state index < -0.39 is 0 Å². The molecule has 0 aromatic carbocycles. The number of nitrogens with zero attached hydrogens (tertiary/aromatic N) is 1. The van der Waals surface area contributed by atoms with Crippen molar-refractivity contribution >= 4 is 11.6 Å². The Balaban J connectivity index is 3.31. The Labute approximate surface area is 63.1 Å². The van der Waals surface area contributed by atoms with Crippen LogP contribution in [0.3, 0.4) is 0 Å². The summed E-state index contributed by atoms with van der Waals surface area (Å²) < 4.78 is 0.525. The molecule has 3 nitrogen and oxygen atoms in total. The molecule has 0 fully saturated rings. The molecule has 0 spiro atoms. The average molecular weight is 160 g/mol. The molecule has 0 aliphatic heterocycles. The summed E-state index contributed by atoms with van der Waals surface area (Å²) >= 11 is 5.54. The van der Waals surface area contributed by atoms with Crippen LogP contribution in [0.25, 0.3) is 0 Å². The molecule has 0 aliphatic carbocycles. The Kier molecular flexibility index (Phi) is 1.68. The quantitative estimate of drug-likeness (QED) is 0.453. The molecule has 54 valence electrons. The van der Waals surface area contributed by atoms with Gasteiger partial charge in [-0.25, -0.2) is 0 Å². The van der Waals surface area contributed by atoms with E-state index in [0.717, 1.165) is 6.20 Å². The molecule has 1 N–H and O–H groups in total. The van der Waals surface area contributed by atoms with Gasteiger partial charge in [0, 0.05) is 13.0 Å². The summed E-state index contributed by atoms with van der Waals surface area (Å²) in [5.74, 6) is -0.120. The van der Waals surface area contributed by atoms with E-state index in [-0.39, 0.29) is 10.8 Å². The van der Waals surface area contributed by atoms with Gasteiger partial charge in [0.15, 0.2) is 5.75 Å². The number of pyridine rings is 1. The van der Waals surface area contributed by atoms with Gasteiger partial charge in [0.25, 0.3) is 0 Å². The second-order valence-corrected chi connectivity index (χ2v) is 2.36. The van der Waals surface area contributed by atoms with E-state index in [1.54, 1.807) is 6.92 Å². The third kappa shape index (κ3) is 1.14. The Morgan fingerprint density at radius 1 is 1.70 bits per heavy atom. The second-order valence-electron chi connectivity index (χ2n) is 1.96. The van der Waals surface area contributed by atoms with Crippen LogP contribution < -0.4 is 4.73 Å². The minimum Gasteiger partial charge on any atom is -0.618 e. The summed E-state index contributed by atoms with van der Waals surface area (Å²) in [5.41, 5.74) is 0.388. The van der Waals surface area contributed by atoms with Crippen molar-refractivity contribution in [1.82, 2.24) is 0 Å². The number of hydrogen-bond donors (Lipinski definition) is 1.